The highest BCUT2D eigenvalue weighted by atomic mass is 16.6. The Morgan fingerprint density at radius 1 is 1.55 bits per heavy atom. The number of nitrogens with zero attached hydrogens (tertiary/aromatic N) is 4. The summed E-state index contributed by atoms with van der Waals surface area (Å²) in [6, 6.07) is 5.42. The number of nitro groups is 1. The topological polar surface area (TPSA) is 95.1 Å². The number of aromatic nitrogens is 1. The third kappa shape index (κ3) is 3.42. The SMILES string of the molecule is Cc1ccc([N+](=O)[O-])c(NC2CCN(CC#N)CC2)n1. The molecule has 1 aliphatic heterocycles. The van der Waals surface area contributed by atoms with E-state index in [9.17, 15) is 10.1 Å². The van der Waals surface area contributed by atoms with Gasteiger partial charge in [-0.3, -0.25) is 15.0 Å². The lowest BCUT2D eigenvalue weighted by Gasteiger charge is -2.30. The number of aryl methyl sites for hydroxylation is 1. The molecular formula is C13H17N5O2. The van der Waals surface area contributed by atoms with Crippen LogP contribution in [0.3, 0.4) is 0 Å². The Kier molecular flexibility index (Phi) is 4.48. The highest BCUT2D eigenvalue weighted by Gasteiger charge is 2.22. The quantitative estimate of drug-likeness (QED) is 0.510. The molecule has 2 heterocycles. The first-order valence-corrected chi connectivity index (χ1v) is 6.58. The van der Waals surface area contributed by atoms with Crippen LogP contribution in [0.2, 0.25) is 0 Å². The summed E-state index contributed by atoms with van der Waals surface area (Å²) in [6.45, 7) is 3.90. The smallest absolute Gasteiger partial charge is 0.311 e. The van der Waals surface area contributed by atoms with Crippen LogP contribution in [0.5, 0.6) is 0 Å². The summed E-state index contributed by atoms with van der Waals surface area (Å²) in [4.78, 5) is 16.9. The third-order valence-corrected chi connectivity index (χ3v) is 3.43. The molecule has 7 heteroatoms. The van der Waals surface area contributed by atoms with Crippen LogP contribution >= 0.6 is 0 Å². The van der Waals surface area contributed by atoms with Gasteiger partial charge in [0, 0.05) is 30.9 Å². The first-order chi connectivity index (χ1) is 9.60. The fourth-order valence-corrected chi connectivity index (χ4v) is 2.33. The molecule has 0 unspecified atom stereocenters. The van der Waals surface area contributed by atoms with E-state index < -0.39 is 4.92 Å². The average Bonchev–Trinajstić information content (AvgIpc) is 2.41. The van der Waals surface area contributed by atoms with Gasteiger partial charge in [-0.25, -0.2) is 4.98 Å². The standard InChI is InChI=1S/C13H17N5O2/c1-10-2-3-12(18(19)20)13(15-10)16-11-4-7-17(8-5-11)9-6-14/h2-3,11H,4-5,7-9H2,1H3,(H,15,16). The minimum atomic E-state index is -0.417. The van der Waals surface area contributed by atoms with Crippen molar-refractivity contribution in [1.29, 1.82) is 5.26 Å². The number of likely N-dealkylation sites (tertiary alicyclic amines) is 1. The molecule has 20 heavy (non-hydrogen) atoms. The fourth-order valence-electron chi connectivity index (χ4n) is 2.33. The molecule has 1 aliphatic rings. The normalized spacial score (nSPS) is 16.6. The second-order valence-corrected chi connectivity index (χ2v) is 4.93. The Balaban J connectivity index is 2.02. The maximum absolute atomic E-state index is 11.0. The van der Waals surface area contributed by atoms with E-state index >= 15 is 0 Å². The van der Waals surface area contributed by atoms with Crippen LogP contribution in [0.25, 0.3) is 0 Å². The number of hydrogen-bond acceptors (Lipinski definition) is 6. The Morgan fingerprint density at radius 3 is 2.85 bits per heavy atom. The molecule has 1 aromatic heterocycles. The summed E-state index contributed by atoms with van der Waals surface area (Å²) >= 11 is 0. The van der Waals surface area contributed by atoms with E-state index in [4.69, 9.17) is 5.26 Å². The summed E-state index contributed by atoms with van der Waals surface area (Å²) in [6.07, 6.45) is 1.71. The van der Waals surface area contributed by atoms with Gasteiger partial charge in [0.2, 0.25) is 5.82 Å². The summed E-state index contributed by atoms with van der Waals surface area (Å²) in [5, 5.41) is 22.8. The zero-order valence-corrected chi connectivity index (χ0v) is 11.4. The second kappa shape index (κ2) is 6.30. The predicted molar refractivity (Wildman–Crippen MR) is 74.3 cm³/mol. The van der Waals surface area contributed by atoms with E-state index in [1.807, 2.05) is 6.92 Å². The Hall–Kier alpha value is -2.20. The number of anilines is 1. The largest absolute Gasteiger partial charge is 0.362 e. The number of pyridine rings is 1. The lowest BCUT2D eigenvalue weighted by molar-refractivity contribution is -0.384. The van der Waals surface area contributed by atoms with Crippen molar-refractivity contribution >= 4 is 11.5 Å². The van der Waals surface area contributed by atoms with Gasteiger partial charge >= 0.3 is 5.69 Å². The predicted octanol–water partition coefficient (Wildman–Crippen LogP) is 1.70. The van der Waals surface area contributed by atoms with Crippen molar-refractivity contribution in [3.8, 4) is 6.07 Å². The summed E-state index contributed by atoms with van der Waals surface area (Å²) in [5.74, 6) is 0.341. The van der Waals surface area contributed by atoms with Gasteiger partial charge in [0.1, 0.15) is 0 Å². The minimum Gasteiger partial charge on any atom is -0.362 e. The zero-order chi connectivity index (χ0) is 14.5. The second-order valence-electron chi connectivity index (χ2n) is 4.93. The van der Waals surface area contributed by atoms with Crippen LogP contribution in [-0.4, -0.2) is 40.5 Å². The zero-order valence-electron chi connectivity index (χ0n) is 11.4. The van der Waals surface area contributed by atoms with Crippen LogP contribution in [0, 0.1) is 28.4 Å². The highest BCUT2D eigenvalue weighted by Crippen LogP contribution is 2.24. The number of piperidine rings is 1. The number of nitriles is 1. The molecule has 1 saturated heterocycles. The van der Waals surface area contributed by atoms with E-state index in [-0.39, 0.29) is 11.7 Å². The molecular weight excluding hydrogens is 258 g/mol. The molecule has 2 rings (SSSR count). The van der Waals surface area contributed by atoms with Gasteiger partial charge in [-0.15, -0.1) is 0 Å². The van der Waals surface area contributed by atoms with Crippen LogP contribution < -0.4 is 5.32 Å². The van der Waals surface area contributed by atoms with Gasteiger partial charge in [0.15, 0.2) is 0 Å². The van der Waals surface area contributed by atoms with Gasteiger partial charge in [0.25, 0.3) is 0 Å². The summed E-state index contributed by atoms with van der Waals surface area (Å²) in [7, 11) is 0. The van der Waals surface area contributed by atoms with Crippen molar-refractivity contribution in [2.24, 2.45) is 0 Å². The van der Waals surface area contributed by atoms with E-state index in [1.54, 1.807) is 6.07 Å². The monoisotopic (exact) mass is 275 g/mol. The van der Waals surface area contributed by atoms with Gasteiger partial charge in [-0.2, -0.15) is 5.26 Å². The summed E-state index contributed by atoms with van der Waals surface area (Å²) < 4.78 is 0. The molecule has 0 atom stereocenters. The Bertz CT molecular complexity index is 532. The van der Waals surface area contributed by atoms with Crippen molar-refractivity contribution in [3.63, 3.8) is 0 Å². The van der Waals surface area contributed by atoms with Crippen LogP contribution in [0.15, 0.2) is 12.1 Å². The molecule has 1 aromatic rings. The molecule has 0 saturated carbocycles. The van der Waals surface area contributed by atoms with Gasteiger partial charge in [0.05, 0.1) is 17.5 Å². The molecule has 0 radical (unpaired) electrons. The van der Waals surface area contributed by atoms with E-state index in [2.05, 4.69) is 21.3 Å². The van der Waals surface area contributed by atoms with Crippen molar-refractivity contribution in [3.05, 3.63) is 27.9 Å². The van der Waals surface area contributed by atoms with Gasteiger partial charge in [-0.05, 0) is 25.8 Å². The Labute approximate surface area is 117 Å². The van der Waals surface area contributed by atoms with Crippen molar-refractivity contribution in [2.45, 2.75) is 25.8 Å². The first kappa shape index (κ1) is 14.2. The van der Waals surface area contributed by atoms with Crippen molar-refractivity contribution in [1.82, 2.24) is 9.88 Å². The third-order valence-electron chi connectivity index (χ3n) is 3.43. The number of rotatable bonds is 4. The molecule has 1 fully saturated rings. The number of nitrogens with one attached hydrogen (secondary N) is 1. The van der Waals surface area contributed by atoms with Crippen LogP contribution in [0.1, 0.15) is 18.5 Å². The van der Waals surface area contributed by atoms with Gasteiger partial charge < -0.3 is 5.32 Å². The maximum atomic E-state index is 11.0. The maximum Gasteiger partial charge on any atom is 0.311 e. The lowest BCUT2D eigenvalue weighted by Crippen LogP contribution is -2.39. The molecule has 0 bridgehead atoms. The molecule has 106 valence electrons. The fraction of sp³-hybridized carbons (Fsp3) is 0.538. The van der Waals surface area contributed by atoms with Crippen molar-refractivity contribution < 1.29 is 4.92 Å². The highest BCUT2D eigenvalue weighted by molar-refractivity contribution is 5.56. The van der Waals surface area contributed by atoms with Crippen LogP contribution in [-0.2, 0) is 0 Å². The molecule has 0 aromatic carbocycles. The number of hydrogen-bond donors (Lipinski definition) is 1. The molecule has 1 N–H and O–H groups in total. The lowest BCUT2D eigenvalue weighted by atomic mass is 10.1. The van der Waals surface area contributed by atoms with Crippen molar-refractivity contribution in [2.75, 3.05) is 25.0 Å². The summed E-state index contributed by atoms with van der Waals surface area (Å²) in [5.41, 5.74) is 0.759. The molecule has 7 nitrogen and oxygen atoms in total. The average molecular weight is 275 g/mol. The van der Waals surface area contributed by atoms with E-state index in [1.165, 1.54) is 6.07 Å². The van der Waals surface area contributed by atoms with Crippen LogP contribution in [0.4, 0.5) is 11.5 Å². The van der Waals surface area contributed by atoms with E-state index in [0.717, 1.165) is 31.6 Å². The Morgan fingerprint density at radius 2 is 2.25 bits per heavy atom. The molecule has 0 aliphatic carbocycles. The van der Waals surface area contributed by atoms with Gasteiger partial charge in [-0.1, -0.05) is 0 Å². The van der Waals surface area contributed by atoms with E-state index in [0.29, 0.717) is 12.4 Å². The minimum absolute atomic E-state index is 0.00931. The first-order valence-electron chi connectivity index (χ1n) is 6.58. The molecule has 0 amide bonds. The molecule has 0 spiro atoms.